The molecule has 98 valence electrons. The summed E-state index contributed by atoms with van der Waals surface area (Å²) in [5.41, 5.74) is 1.77. The number of pyridine rings is 1. The summed E-state index contributed by atoms with van der Waals surface area (Å²) < 4.78 is 1.03. The SMILES string of the molecule is CN(Cc1ccc(Br)cc1)C(=O)Nc1cccnc1. The van der Waals surface area contributed by atoms with Crippen molar-refractivity contribution in [2.75, 3.05) is 12.4 Å². The number of urea groups is 1. The van der Waals surface area contributed by atoms with Gasteiger partial charge in [-0.05, 0) is 29.8 Å². The molecule has 0 fully saturated rings. The zero-order chi connectivity index (χ0) is 13.7. The van der Waals surface area contributed by atoms with E-state index in [0.717, 1.165) is 10.0 Å². The van der Waals surface area contributed by atoms with E-state index in [9.17, 15) is 4.79 Å². The molecule has 0 aliphatic carbocycles. The van der Waals surface area contributed by atoms with E-state index in [0.29, 0.717) is 12.2 Å². The second-order valence-electron chi connectivity index (χ2n) is 4.15. The first kappa shape index (κ1) is 13.5. The Kier molecular flexibility index (Phi) is 4.52. The summed E-state index contributed by atoms with van der Waals surface area (Å²) in [6.45, 7) is 0.555. The third-order valence-electron chi connectivity index (χ3n) is 2.59. The number of rotatable bonds is 3. The van der Waals surface area contributed by atoms with Gasteiger partial charge in [0.2, 0.25) is 0 Å². The van der Waals surface area contributed by atoms with Crippen LogP contribution in [0.15, 0.2) is 53.3 Å². The van der Waals surface area contributed by atoms with Crippen molar-refractivity contribution in [3.63, 3.8) is 0 Å². The van der Waals surface area contributed by atoms with Crippen LogP contribution < -0.4 is 5.32 Å². The summed E-state index contributed by atoms with van der Waals surface area (Å²) in [5.74, 6) is 0. The van der Waals surface area contributed by atoms with Gasteiger partial charge in [-0.3, -0.25) is 4.98 Å². The van der Waals surface area contributed by atoms with Crippen molar-refractivity contribution >= 4 is 27.6 Å². The van der Waals surface area contributed by atoms with Gasteiger partial charge in [0, 0.05) is 24.3 Å². The number of carbonyl (C=O) groups is 1. The molecule has 0 atom stereocenters. The first-order valence-corrected chi connectivity index (χ1v) is 6.61. The highest BCUT2D eigenvalue weighted by atomic mass is 79.9. The molecule has 1 aromatic heterocycles. The number of halogens is 1. The van der Waals surface area contributed by atoms with Crippen molar-refractivity contribution in [2.45, 2.75) is 6.54 Å². The van der Waals surface area contributed by atoms with Crippen molar-refractivity contribution in [3.8, 4) is 0 Å². The minimum absolute atomic E-state index is 0.157. The van der Waals surface area contributed by atoms with Gasteiger partial charge in [0.15, 0.2) is 0 Å². The lowest BCUT2D eigenvalue weighted by Crippen LogP contribution is -2.30. The molecule has 0 saturated heterocycles. The van der Waals surface area contributed by atoms with E-state index in [1.807, 2.05) is 24.3 Å². The Morgan fingerprint density at radius 3 is 2.68 bits per heavy atom. The maximum atomic E-state index is 12.0. The van der Waals surface area contributed by atoms with E-state index < -0.39 is 0 Å². The lowest BCUT2D eigenvalue weighted by Gasteiger charge is -2.18. The van der Waals surface area contributed by atoms with Gasteiger partial charge >= 0.3 is 6.03 Å². The zero-order valence-corrected chi connectivity index (χ0v) is 12.1. The monoisotopic (exact) mass is 319 g/mol. The number of hydrogen-bond acceptors (Lipinski definition) is 2. The summed E-state index contributed by atoms with van der Waals surface area (Å²) in [6, 6.07) is 11.3. The topological polar surface area (TPSA) is 45.2 Å². The van der Waals surface area contributed by atoms with Gasteiger partial charge in [-0.15, -0.1) is 0 Å². The number of hydrogen-bond donors (Lipinski definition) is 1. The summed E-state index contributed by atoms with van der Waals surface area (Å²) in [6.07, 6.45) is 3.28. The summed E-state index contributed by atoms with van der Waals surface area (Å²) in [5, 5.41) is 2.79. The van der Waals surface area contributed by atoms with Crippen LogP contribution in [0.2, 0.25) is 0 Å². The average Bonchev–Trinajstić information content (AvgIpc) is 2.42. The number of benzene rings is 1. The molecule has 0 aliphatic heterocycles. The average molecular weight is 320 g/mol. The first-order valence-electron chi connectivity index (χ1n) is 5.82. The maximum absolute atomic E-state index is 12.0. The van der Waals surface area contributed by atoms with Crippen molar-refractivity contribution < 1.29 is 4.79 Å². The second kappa shape index (κ2) is 6.33. The van der Waals surface area contributed by atoms with E-state index in [-0.39, 0.29) is 6.03 Å². The van der Waals surface area contributed by atoms with E-state index in [4.69, 9.17) is 0 Å². The van der Waals surface area contributed by atoms with Crippen molar-refractivity contribution in [1.29, 1.82) is 0 Å². The minimum atomic E-state index is -0.157. The van der Waals surface area contributed by atoms with Crippen LogP contribution in [0.25, 0.3) is 0 Å². The van der Waals surface area contributed by atoms with Crippen LogP contribution in [-0.4, -0.2) is 23.0 Å². The number of aromatic nitrogens is 1. The molecule has 2 amide bonds. The molecule has 0 aliphatic rings. The van der Waals surface area contributed by atoms with Gasteiger partial charge in [0.05, 0.1) is 11.9 Å². The molecular formula is C14H14BrN3O. The molecule has 2 rings (SSSR count). The van der Waals surface area contributed by atoms with Crippen LogP contribution in [0, 0.1) is 0 Å². The minimum Gasteiger partial charge on any atom is -0.323 e. The van der Waals surface area contributed by atoms with Crippen LogP contribution >= 0.6 is 15.9 Å². The van der Waals surface area contributed by atoms with Gasteiger partial charge in [-0.1, -0.05) is 28.1 Å². The van der Waals surface area contributed by atoms with Gasteiger partial charge in [0.25, 0.3) is 0 Å². The molecule has 1 aromatic carbocycles. The zero-order valence-electron chi connectivity index (χ0n) is 10.5. The third kappa shape index (κ3) is 4.06. The van der Waals surface area contributed by atoms with Gasteiger partial charge in [-0.25, -0.2) is 4.79 Å². The molecule has 2 aromatic rings. The van der Waals surface area contributed by atoms with Crippen LogP contribution in [0.3, 0.4) is 0 Å². The fourth-order valence-electron chi connectivity index (χ4n) is 1.59. The Labute approximate surface area is 120 Å². The third-order valence-corrected chi connectivity index (χ3v) is 3.12. The molecule has 0 saturated carbocycles. The molecule has 1 N–H and O–H groups in total. The highest BCUT2D eigenvalue weighted by molar-refractivity contribution is 9.10. The van der Waals surface area contributed by atoms with Crippen molar-refractivity contribution in [3.05, 3.63) is 58.8 Å². The Morgan fingerprint density at radius 2 is 2.05 bits per heavy atom. The smallest absolute Gasteiger partial charge is 0.321 e. The number of anilines is 1. The lowest BCUT2D eigenvalue weighted by atomic mass is 10.2. The Morgan fingerprint density at radius 1 is 1.32 bits per heavy atom. The van der Waals surface area contributed by atoms with E-state index >= 15 is 0 Å². The molecule has 0 radical (unpaired) electrons. The number of amides is 2. The maximum Gasteiger partial charge on any atom is 0.321 e. The highest BCUT2D eigenvalue weighted by Gasteiger charge is 2.09. The van der Waals surface area contributed by atoms with E-state index in [1.54, 1.807) is 36.5 Å². The number of carbonyl (C=O) groups excluding carboxylic acids is 1. The second-order valence-corrected chi connectivity index (χ2v) is 5.07. The Balaban J connectivity index is 1.94. The van der Waals surface area contributed by atoms with Crippen LogP contribution in [0.5, 0.6) is 0 Å². The number of nitrogens with one attached hydrogen (secondary N) is 1. The molecule has 5 heteroatoms. The lowest BCUT2D eigenvalue weighted by molar-refractivity contribution is 0.220. The fraction of sp³-hybridized carbons (Fsp3) is 0.143. The van der Waals surface area contributed by atoms with Crippen molar-refractivity contribution in [1.82, 2.24) is 9.88 Å². The van der Waals surface area contributed by atoms with Gasteiger partial charge in [-0.2, -0.15) is 0 Å². The predicted molar refractivity (Wildman–Crippen MR) is 78.9 cm³/mol. The summed E-state index contributed by atoms with van der Waals surface area (Å²) in [7, 11) is 1.76. The normalized spacial score (nSPS) is 10.0. The highest BCUT2D eigenvalue weighted by Crippen LogP contribution is 2.12. The van der Waals surface area contributed by atoms with Gasteiger partial charge < -0.3 is 10.2 Å². The Hall–Kier alpha value is -1.88. The molecule has 0 spiro atoms. The van der Waals surface area contributed by atoms with Crippen molar-refractivity contribution in [2.24, 2.45) is 0 Å². The Bertz CT molecular complexity index is 542. The van der Waals surface area contributed by atoms with Crippen LogP contribution in [-0.2, 0) is 6.54 Å². The standard InChI is InChI=1S/C14H14BrN3O/c1-18(10-11-4-6-12(15)7-5-11)14(19)17-13-3-2-8-16-9-13/h2-9H,10H2,1H3,(H,17,19). The first-order chi connectivity index (χ1) is 9.15. The molecular weight excluding hydrogens is 306 g/mol. The van der Waals surface area contributed by atoms with Gasteiger partial charge in [0.1, 0.15) is 0 Å². The molecule has 4 nitrogen and oxygen atoms in total. The van der Waals surface area contributed by atoms with E-state index in [2.05, 4.69) is 26.2 Å². The largest absolute Gasteiger partial charge is 0.323 e. The quantitative estimate of drug-likeness (QED) is 0.941. The predicted octanol–water partition coefficient (Wildman–Crippen LogP) is 3.51. The number of nitrogens with zero attached hydrogens (tertiary/aromatic N) is 2. The summed E-state index contributed by atoms with van der Waals surface area (Å²) >= 11 is 3.39. The fourth-order valence-corrected chi connectivity index (χ4v) is 1.86. The molecule has 0 unspecified atom stereocenters. The van der Waals surface area contributed by atoms with Crippen LogP contribution in [0.1, 0.15) is 5.56 Å². The molecule has 19 heavy (non-hydrogen) atoms. The van der Waals surface area contributed by atoms with Crippen LogP contribution in [0.4, 0.5) is 10.5 Å². The summed E-state index contributed by atoms with van der Waals surface area (Å²) in [4.78, 5) is 17.5. The van der Waals surface area contributed by atoms with E-state index in [1.165, 1.54) is 0 Å². The molecule has 1 heterocycles. The molecule has 0 bridgehead atoms.